The first-order valence-corrected chi connectivity index (χ1v) is 4.90. The second-order valence-corrected chi connectivity index (χ2v) is 3.35. The van der Waals surface area contributed by atoms with Gasteiger partial charge in [-0.15, -0.1) is 0 Å². The van der Waals surface area contributed by atoms with Crippen LogP contribution in [0.4, 0.5) is 8.78 Å². The van der Waals surface area contributed by atoms with Crippen molar-refractivity contribution >= 4 is 5.84 Å². The molecule has 0 rings (SSSR count). The summed E-state index contributed by atoms with van der Waals surface area (Å²) in [7, 11) is 0. The Kier molecular flexibility index (Phi) is 6.16. The van der Waals surface area contributed by atoms with Crippen molar-refractivity contribution in [2.45, 2.75) is 51.4 Å². The Morgan fingerprint density at radius 1 is 1.29 bits per heavy atom. The van der Waals surface area contributed by atoms with Crippen molar-refractivity contribution in [3.8, 4) is 0 Å². The minimum absolute atomic E-state index is 0.341. The van der Waals surface area contributed by atoms with E-state index in [4.69, 9.17) is 10.9 Å². The van der Waals surface area contributed by atoms with Gasteiger partial charge in [0.15, 0.2) is 0 Å². The van der Waals surface area contributed by atoms with Gasteiger partial charge in [0, 0.05) is 6.42 Å². The molecule has 0 saturated carbocycles. The van der Waals surface area contributed by atoms with Crippen molar-refractivity contribution in [2.24, 2.45) is 10.9 Å². The predicted molar refractivity (Wildman–Crippen MR) is 51.7 cm³/mol. The van der Waals surface area contributed by atoms with E-state index < -0.39 is 11.8 Å². The van der Waals surface area contributed by atoms with Crippen LogP contribution in [0.3, 0.4) is 0 Å². The molecule has 0 aromatic carbocycles. The van der Waals surface area contributed by atoms with Crippen molar-refractivity contribution in [1.82, 2.24) is 0 Å². The summed E-state index contributed by atoms with van der Waals surface area (Å²) in [6.45, 7) is 2.06. The van der Waals surface area contributed by atoms with Crippen LogP contribution in [0, 0.1) is 0 Å². The fraction of sp³-hybridized carbons (Fsp3) is 0.889. The maximum atomic E-state index is 12.9. The Morgan fingerprint density at radius 2 is 1.86 bits per heavy atom. The molecule has 0 aliphatic carbocycles. The van der Waals surface area contributed by atoms with Crippen molar-refractivity contribution in [3.05, 3.63) is 0 Å². The highest BCUT2D eigenvalue weighted by molar-refractivity contribution is 5.86. The third kappa shape index (κ3) is 4.99. The van der Waals surface area contributed by atoms with E-state index >= 15 is 0 Å². The van der Waals surface area contributed by atoms with E-state index in [1.165, 1.54) is 0 Å². The number of alkyl halides is 2. The van der Waals surface area contributed by atoms with Gasteiger partial charge in [-0.05, 0) is 6.42 Å². The van der Waals surface area contributed by atoms with Crippen LogP contribution in [0.2, 0.25) is 0 Å². The standard InChI is InChI=1S/C9H18F2N2O/c1-2-3-4-5-6-7-9(10,11)8(12)13-14/h14H,2-7H2,1H3,(H2,12,13). The first-order valence-electron chi connectivity index (χ1n) is 4.90. The van der Waals surface area contributed by atoms with Gasteiger partial charge in [0.25, 0.3) is 0 Å². The summed E-state index contributed by atoms with van der Waals surface area (Å²) in [5.41, 5.74) is 4.84. The monoisotopic (exact) mass is 208 g/mol. The van der Waals surface area contributed by atoms with Gasteiger partial charge in [-0.25, -0.2) is 0 Å². The molecule has 0 fully saturated rings. The summed E-state index contributed by atoms with van der Waals surface area (Å²) in [6, 6.07) is 0. The summed E-state index contributed by atoms with van der Waals surface area (Å²) < 4.78 is 25.8. The number of rotatable bonds is 7. The van der Waals surface area contributed by atoms with Crippen molar-refractivity contribution in [2.75, 3.05) is 0 Å². The van der Waals surface area contributed by atoms with E-state index in [1.54, 1.807) is 0 Å². The zero-order valence-corrected chi connectivity index (χ0v) is 8.47. The molecule has 0 aromatic rings. The van der Waals surface area contributed by atoms with E-state index in [-0.39, 0.29) is 6.42 Å². The zero-order valence-electron chi connectivity index (χ0n) is 8.47. The molecular weight excluding hydrogens is 190 g/mol. The molecule has 0 amide bonds. The molecule has 84 valence electrons. The smallest absolute Gasteiger partial charge is 0.307 e. The van der Waals surface area contributed by atoms with Gasteiger partial charge >= 0.3 is 5.92 Å². The molecule has 0 bridgehead atoms. The van der Waals surface area contributed by atoms with Crippen LogP contribution in [0.25, 0.3) is 0 Å². The van der Waals surface area contributed by atoms with Gasteiger partial charge in [-0.3, -0.25) is 0 Å². The largest absolute Gasteiger partial charge is 0.409 e. The molecule has 0 atom stereocenters. The number of unbranched alkanes of at least 4 members (excludes halogenated alkanes) is 4. The first kappa shape index (κ1) is 13.1. The van der Waals surface area contributed by atoms with Crippen molar-refractivity contribution in [3.63, 3.8) is 0 Å². The normalized spacial score (nSPS) is 13.2. The summed E-state index contributed by atoms with van der Waals surface area (Å²) in [5.74, 6) is -4.16. The highest BCUT2D eigenvalue weighted by atomic mass is 19.3. The maximum absolute atomic E-state index is 12.9. The second kappa shape index (κ2) is 6.56. The summed E-state index contributed by atoms with van der Waals surface area (Å²) in [5, 5.41) is 10.4. The van der Waals surface area contributed by atoms with E-state index in [1.807, 2.05) is 0 Å². The molecule has 0 spiro atoms. The average molecular weight is 208 g/mol. The fourth-order valence-corrected chi connectivity index (χ4v) is 1.15. The Bertz CT molecular complexity index is 184. The predicted octanol–water partition coefficient (Wildman–Crippen LogP) is 2.73. The molecule has 0 aliphatic heterocycles. The molecule has 3 nitrogen and oxygen atoms in total. The second-order valence-electron chi connectivity index (χ2n) is 3.35. The zero-order chi connectivity index (χ0) is 11.0. The van der Waals surface area contributed by atoms with Gasteiger partial charge in [0.05, 0.1) is 0 Å². The molecule has 0 aliphatic rings. The first-order chi connectivity index (χ1) is 6.54. The highest BCUT2D eigenvalue weighted by Gasteiger charge is 2.33. The lowest BCUT2D eigenvalue weighted by Crippen LogP contribution is -2.35. The summed E-state index contributed by atoms with van der Waals surface area (Å²) in [6.07, 6.45) is 3.94. The van der Waals surface area contributed by atoms with E-state index in [9.17, 15) is 8.78 Å². The molecule has 0 heterocycles. The topological polar surface area (TPSA) is 58.6 Å². The van der Waals surface area contributed by atoms with E-state index in [2.05, 4.69) is 12.1 Å². The lowest BCUT2D eigenvalue weighted by atomic mass is 10.1. The highest BCUT2D eigenvalue weighted by Crippen LogP contribution is 2.22. The Hall–Kier alpha value is -0.870. The third-order valence-corrected chi connectivity index (χ3v) is 2.08. The van der Waals surface area contributed by atoms with Crippen LogP contribution in [-0.2, 0) is 0 Å². The van der Waals surface area contributed by atoms with Crippen LogP contribution in [0.5, 0.6) is 0 Å². The fourth-order valence-electron chi connectivity index (χ4n) is 1.15. The molecular formula is C9H18F2N2O. The van der Waals surface area contributed by atoms with Crippen LogP contribution in [-0.4, -0.2) is 17.0 Å². The van der Waals surface area contributed by atoms with Gasteiger partial charge < -0.3 is 10.9 Å². The number of nitrogens with zero attached hydrogens (tertiary/aromatic N) is 1. The van der Waals surface area contributed by atoms with E-state index in [0.29, 0.717) is 6.42 Å². The lowest BCUT2D eigenvalue weighted by molar-refractivity contribution is 0.0596. The molecule has 0 unspecified atom stereocenters. The van der Waals surface area contributed by atoms with Crippen LogP contribution in [0.15, 0.2) is 5.16 Å². The minimum atomic E-state index is -3.17. The molecule has 3 N–H and O–H groups in total. The number of oxime groups is 1. The minimum Gasteiger partial charge on any atom is -0.409 e. The van der Waals surface area contributed by atoms with Gasteiger partial charge in [-0.2, -0.15) is 8.78 Å². The molecule has 0 radical (unpaired) electrons. The molecule has 14 heavy (non-hydrogen) atoms. The number of halogens is 2. The third-order valence-electron chi connectivity index (χ3n) is 2.08. The van der Waals surface area contributed by atoms with Crippen molar-refractivity contribution < 1.29 is 14.0 Å². The number of nitrogens with two attached hydrogens (primary N) is 1. The Balaban J connectivity index is 3.66. The quantitative estimate of drug-likeness (QED) is 0.222. The van der Waals surface area contributed by atoms with Crippen LogP contribution < -0.4 is 5.73 Å². The van der Waals surface area contributed by atoms with Gasteiger partial charge in [0.2, 0.25) is 5.84 Å². The number of hydrogen-bond donors (Lipinski definition) is 2. The maximum Gasteiger partial charge on any atom is 0.307 e. The lowest BCUT2D eigenvalue weighted by Gasteiger charge is -2.13. The van der Waals surface area contributed by atoms with Crippen LogP contribution >= 0.6 is 0 Å². The van der Waals surface area contributed by atoms with Crippen molar-refractivity contribution in [1.29, 1.82) is 0 Å². The summed E-state index contributed by atoms with van der Waals surface area (Å²) >= 11 is 0. The molecule has 5 heteroatoms. The number of hydrogen-bond acceptors (Lipinski definition) is 2. The molecule has 0 saturated heterocycles. The van der Waals surface area contributed by atoms with Gasteiger partial charge in [0.1, 0.15) is 0 Å². The SMILES string of the molecule is CCCCCCCC(F)(F)C(N)=NO. The Labute approximate surface area is 83.0 Å². The van der Waals surface area contributed by atoms with Gasteiger partial charge in [-0.1, -0.05) is 37.8 Å². The number of amidine groups is 1. The average Bonchev–Trinajstić information content (AvgIpc) is 2.16. The van der Waals surface area contributed by atoms with Crippen LogP contribution in [0.1, 0.15) is 45.4 Å². The Morgan fingerprint density at radius 3 is 2.36 bits per heavy atom. The van der Waals surface area contributed by atoms with E-state index in [0.717, 1.165) is 25.7 Å². The molecule has 0 aromatic heterocycles. The summed E-state index contributed by atoms with van der Waals surface area (Å²) in [4.78, 5) is 0.